The maximum Gasteiger partial charge on any atom is 0.276 e. The number of aryl methyl sites for hydroxylation is 1. The van der Waals surface area contributed by atoms with Gasteiger partial charge in [0.2, 0.25) is 10.0 Å². The molecular weight excluding hydrogens is 426 g/mol. The highest BCUT2D eigenvalue weighted by Gasteiger charge is 2.30. The zero-order valence-electron chi connectivity index (χ0n) is 18.0. The fraction of sp³-hybridized carbons (Fsp3) is 0.261. The summed E-state index contributed by atoms with van der Waals surface area (Å²) in [5, 5.41) is 9.48. The minimum atomic E-state index is -3.56. The number of piperazine rings is 1. The molecule has 32 heavy (non-hydrogen) atoms. The second-order valence-electron chi connectivity index (χ2n) is 7.72. The van der Waals surface area contributed by atoms with E-state index < -0.39 is 10.0 Å². The fourth-order valence-electron chi connectivity index (χ4n) is 3.64. The van der Waals surface area contributed by atoms with Gasteiger partial charge in [-0.1, -0.05) is 47.7 Å². The number of sulfonamides is 1. The Morgan fingerprint density at radius 2 is 1.69 bits per heavy atom. The molecule has 2 aromatic carbocycles. The van der Waals surface area contributed by atoms with Crippen molar-refractivity contribution in [1.82, 2.24) is 24.2 Å². The van der Waals surface area contributed by atoms with Crippen molar-refractivity contribution in [2.75, 3.05) is 26.2 Å². The van der Waals surface area contributed by atoms with Crippen LogP contribution >= 0.6 is 0 Å². The molecule has 0 N–H and O–H groups in total. The van der Waals surface area contributed by atoms with Crippen molar-refractivity contribution in [1.29, 1.82) is 0 Å². The molecule has 3 aromatic rings. The molecule has 9 heteroatoms. The highest BCUT2D eigenvalue weighted by molar-refractivity contribution is 7.92. The summed E-state index contributed by atoms with van der Waals surface area (Å²) in [7, 11) is -3.56. The third-order valence-electron chi connectivity index (χ3n) is 5.46. The quantitative estimate of drug-likeness (QED) is 0.595. The van der Waals surface area contributed by atoms with Crippen molar-refractivity contribution in [3.05, 3.63) is 82.5 Å². The Morgan fingerprint density at radius 3 is 2.38 bits per heavy atom. The first-order valence-corrected chi connectivity index (χ1v) is 11.9. The minimum absolute atomic E-state index is 0.234. The Morgan fingerprint density at radius 1 is 0.969 bits per heavy atom. The number of carbonyl (C=O) groups excluding carboxylic acids is 1. The van der Waals surface area contributed by atoms with Crippen molar-refractivity contribution >= 4 is 22.0 Å². The minimum Gasteiger partial charge on any atom is -0.335 e. The summed E-state index contributed by atoms with van der Waals surface area (Å²) in [6.07, 6.45) is 1.58. The van der Waals surface area contributed by atoms with E-state index in [2.05, 4.69) is 10.3 Å². The third-order valence-corrected chi connectivity index (χ3v) is 7.03. The predicted octanol–water partition coefficient (Wildman–Crippen LogP) is 2.64. The Kier molecular flexibility index (Phi) is 6.20. The zero-order chi connectivity index (χ0) is 22.7. The number of hydrogen-bond acceptors (Lipinski definition) is 5. The van der Waals surface area contributed by atoms with Crippen molar-refractivity contribution in [3.63, 3.8) is 0 Å². The summed E-state index contributed by atoms with van der Waals surface area (Å²) >= 11 is 0. The first-order valence-electron chi connectivity index (χ1n) is 10.4. The van der Waals surface area contributed by atoms with Gasteiger partial charge in [-0.3, -0.25) is 4.79 Å². The molecular formula is C23H25N5O3S. The molecule has 0 saturated carbocycles. The largest absolute Gasteiger partial charge is 0.335 e. The van der Waals surface area contributed by atoms with E-state index in [-0.39, 0.29) is 24.7 Å². The van der Waals surface area contributed by atoms with Gasteiger partial charge in [0.25, 0.3) is 5.91 Å². The van der Waals surface area contributed by atoms with Crippen LogP contribution < -0.4 is 0 Å². The van der Waals surface area contributed by atoms with E-state index in [4.69, 9.17) is 0 Å². The SMILES string of the molecule is Cc1cccc(-n2nnc(C(=O)N3CCN(S(=O)(=O)/C=C/c4ccccc4)CC3)c2C)c1. The van der Waals surface area contributed by atoms with Gasteiger partial charge in [0.15, 0.2) is 5.69 Å². The number of hydrogen-bond donors (Lipinski definition) is 0. The summed E-state index contributed by atoms with van der Waals surface area (Å²) < 4.78 is 28.4. The number of rotatable bonds is 5. The topological polar surface area (TPSA) is 88.4 Å². The van der Waals surface area contributed by atoms with E-state index >= 15 is 0 Å². The third kappa shape index (κ3) is 4.63. The predicted molar refractivity (Wildman–Crippen MR) is 123 cm³/mol. The van der Waals surface area contributed by atoms with Crippen LogP contribution in [0.4, 0.5) is 0 Å². The van der Waals surface area contributed by atoms with Gasteiger partial charge in [-0.15, -0.1) is 5.10 Å². The van der Waals surface area contributed by atoms with E-state index in [1.807, 2.05) is 68.4 Å². The molecule has 1 aromatic heterocycles. The number of benzene rings is 2. The number of nitrogens with zero attached hydrogens (tertiary/aromatic N) is 5. The van der Waals surface area contributed by atoms with Crippen molar-refractivity contribution in [3.8, 4) is 5.69 Å². The van der Waals surface area contributed by atoms with E-state index in [1.54, 1.807) is 15.7 Å². The Labute approximate surface area is 187 Å². The van der Waals surface area contributed by atoms with Crippen LogP contribution in [0, 0.1) is 13.8 Å². The average molecular weight is 452 g/mol. The van der Waals surface area contributed by atoms with Gasteiger partial charge in [-0.05, 0) is 43.2 Å². The molecule has 4 rings (SSSR count). The normalized spacial score (nSPS) is 15.4. The molecule has 1 aliphatic rings. The molecule has 0 spiro atoms. The lowest BCUT2D eigenvalue weighted by Crippen LogP contribution is -2.50. The monoisotopic (exact) mass is 451 g/mol. The van der Waals surface area contributed by atoms with Crippen LogP contribution in [0.25, 0.3) is 11.8 Å². The maximum absolute atomic E-state index is 13.0. The number of amides is 1. The Balaban J connectivity index is 1.42. The summed E-state index contributed by atoms with van der Waals surface area (Å²) in [5.74, 6) is -0.238. The lowest BCUT2D eigenvalue weighted by atomic mass is 10.2. The van der Waals surface area contributed by atoms with Gasteiger partial charge < -0.3 is 4.90 Å². The highest BCUT2D eigenvalue weighted by Crippen LogP contribution is 2.17. The zero-order valence-corrected chi connectivity index (χ0v) is 18.9. The fourth-order valence-corrected chi connectivity index (χ4v) is 4.82. The summed E-state index contributed by atoms with van der Waals surface area (Å²) in [5.41, 5.74) is 3.68. The van der Waals surface area contributed by atoms with Crippen LogP contribution in [-0.2, 0) is 10.0 Å². The van der Waals surface area contributed by atoms with E-state index in [0.717, 1.165) is 16.8 Å². The van der Waals surface area contributed by atoms with Crippen molar-refractivity contribution in [2.24, 2.45) is 0 Å². The van der Waals surface area contributed by atoms with E-state index in [9.17, 15) is 13.2 Å². The molecule has 166 valence electrons. The molecule has 0 bridgehead atoms. The lowest BCUT2D eigenvalue weighted by molar-refractivity contribution is 0.0692. The molecule has 0 radical (unpaired) electrons. The summed E-state index contributed by atoms with van der Waals surface area (Å²) in [6, 6.07) is 17.1. The first kappa shape index (κ1) is 21.9. The molecule has 0 unspecified atom stereocenters. The summed E-state index contributed by atoms with van der Waals surface area (Å²) in [4.78, 5) is 14.7. The van der Waals surface area contributed by atoms with E-state index in [0.29, 0.717) is 18.8 Å². The molecule has 2 heterocycles. The maximum atomic E-state index is 13.0. The second-order valence-corrected chi connectivity index (χ2v) is 9.54. The molecule has 1 aliphatic heterocycles. The lowest BCUT2D eigenvalue weighted by Gasteiger charge is -2.33. The standard InChI is InChI=1S/C23H25N5O3S/c1-18-7-6-10-21(17-18)28-19(2)22(24-25-28)23(29)26-12-14-27(15-13-26)32(30,31)16-11-20-8-4-3-5-9-20/h3-11,16-17H,12-15H2,1-2H3/b16-11+. The van der Waals surface area contributed by atoms with Gasteiger partial charge >= 0.3 is 0 Å². The molecule has 1 fully saturated rings. The Bertz CT molecular complexity index is 1240. The van der Waals surface area contributed by atoms with Crippen molar-refractivity contribution < 1.29 is 13.2 Å². The Hall–Kier alpha value is -3.30. The molecule has 1 amide bonds. The second kappa shape index (κ2) is 9.05. The molecule has 1 saturated heterocycles. The molecule has 0 atom stereocenters. The van der Waals surface area contributed by atoms with Gasteiger partial charge in [-0.25, -0.2) is 13.1 Å². The summed E-state index contributed by atoms with van der Waals surface area (Å²) in [6.45, 7) is 4.87. The molecule has 0 aliphatic carbocycles. The van der Waals surface area contributed by atoms with Crippen LogP contribution in [0.5, 0.6) is 0 Å². The highest BCUT2D eigenvalue weighted by atomic mass is 32.2. The van der Waals surface area contributed by atoms with Gasteiger partial charge in [0, 0.05) is 31.6 Å². The van der Waals surface area contributed by atoms with Gasteiger partial charge in [-0.2, -0.15) is 4.31 Å². The van der Waals surface area contributed by atoms with Crippen LogP contribution in [-0.4, -0.2) is 64.7 Å². The average Bonchev–Trinajstić information content (AvgIpc) is 3.19. The number of aromatic nitrogens is 3. The van der Waals surface area contributed by atoms with Crippen LogP contribution in [0.15, 0.2) is 60.0 Å². The van der Waals surface area contributed by atoms with Crippen molar-refractivity contribution in [2.45, 2.75) is 13.8 Å². The van der Waals surface area contributed by atoms with E-state index in [1.165, 1.54) is 9.71 Å². The van der Waals surface area contributed by atoms with Crippen LogP contribution in [0.1, 0.15) is 27.3 Å². The van der Waals surface area contributed by atoms with Crippen LogP contribution in [0.3, 0.4) is 0 Å². The smallest absolute Gasteiger partial charge is 0.276 e. The first-order chi connectivity index (χ1) is 15.3. The number of carbonyl (C=O) groups is 1. The van der Waals surface area contributed by atoms with Crippen LogP contribution in [0.2, 0.25) is 0 Å². The van der Waals surface area contributed by atoms with Gasteiger partial charge in [0.1, 0.15) is 0 Å². The van der Waals surface area contributed by atoms with Gasteiger partial charge in [0.05, 0.1) is 11.4 Å². The molecule has 8 nitrogen and oxygen atoms in total.